The Morgan fingerprint density at radius 3 is 2.80 bits per heavy atom. The van der Waals surface area contributed by atoms with E-state index in [9.17, 15) is 0 Å². The molecular formula is C13H20N2. The van der Waals surface area contributed by atoms with Crippen LogP contribution in [0, 0.1) is 6.92 Å². The molecule has 0 radical (unpaired) electrons. The number of anilines is 2. The lowest BCUT2D eigenvalue weighted by molar-refractivity contribution is 0.580. The first kappa shape index (κ1) is 10.3. The van der Waals surface area contributed by atoms with Gasteiger partial charge in [0, 0.05) is 18.6 Å². The normalized spacial score (nSPS) is 20.1. The Bertz CT molecular complexity index is 358. The van der Waals surface area contributed by atoms with E-state index in [2.05, 4.69) is 56.1 Å². The molecule has 0 spiro atoms. The summed E-state index contributed by atoms with van der Waals surface area (Å²) in [6, 6.07) is 7.78. The molecule has 1 unspecified atom stereocenters. The molecule has 15 heavy (non-hydrogen) atoms. The topological polar surface area (TPSA) is 15.3 Å². The predicted molar refractivity (Wildman–Crippen MR) is 66.7 cm³/mol. The number of benzene rings is 1. The second-order valence-corrected chi connectivity index (χ2v) is 4.75. The minimum Gasteiger partial charge on any atom is -0.381 e. The van der Waals surface area contributed by atoms with Gasteiger partial charge in [0.05, 0.1) is 11.4 Å². The Balaban J connectivity index is 2.43. The van der Waals surface area contributed by atoms with Crippen LogP contribution < -0.4 is 10.2 Å². The van der Waals surface area contributed by atoms with Crippen LogP contribution in [0.4, 0.5) is 11.4 Å². The predicted octanol–water partition coefficient (Wildman–Crippen LogP) is 3.02. The highest BCUT2D eigenvalue weighted by Gasteiger charge is 2.24. The van der Waals surface area contributed by atoms with Gasteiger partial charge in [-0.1, -0.05) is 6.07 Å². The van der Waals surface area contributed by atoms with Gasteiger partial charge in [0.15, 0.2) is 0 Å². The summed E-state index contributed by atoms with van der Waals surface area (Å²) in [6.07, 6.45) is 0. The molecule has 1 aliphatic heterocycles. The van der Waals surface area contributed by atoms with E-state index in [0.717, 1.165) is 6.54 Å². The highest BCUT2D eigenvalue weighted by atomic mass is 15.2. The summed E-state index contributed by atoms with van der Waals surface area (Å²) in [6.45, 7) is 9.96. The second-order valence-electron chi connectivity index (χ2n) is 4.75. The summed E-state index contributed by atoms with van der Waals surface area (Å²) in [5.74, 6) is 0. The molecule has 82 valence electrons. The van der Waals surface area contributed by atoms with Crippen LogP contribution in [0.1, 0.15) is 26.3 Å². The molecule has 1 aromatic rings. The summed E-state index contributed by atoms with van der Waals surface area (Å²) in [5, 5.41) is 3.50. The van der Waals surface area contributed by atoms with Crippen LogP contribution in [0.5, 0.6) is 0 Å². The second kappa shape index (κ2) is 3.76. The van der Waals surface area contributed by atoms with Crippen molar-refractivity contribution in [2.45, 2.75) is 39.8 Å². The molecule has 1 aromatic carbocycles. The number of nitrogens with zero attached hydrogens (tertiary/aromatic N) is 1. The van der Waals surface area contributed by atoms with E-state index in [1.807, 2.05) is 0 Å². The third-order valence-corrected chi connectivity index (χ3v) is 3.05. The maximum absolute atomic E-state index is 3.50. The van der Waals surface area contributed by atoms with Crippen molar-refractivity contribution in [3.8, 4) is 0 Å². The fraction of sp³-hybridized carbons (Fsp3) is 0.538. The van der Waals surface area contributed by atoms with Crippen LogP contribution in [0.25, 0.3) is 0 Å². The van der Waals surface area contributed by atoms with E-state index in [1.165, 1.54) is 16.9 Å². The van der Waals surface area contributed by atoms with Gasteiger partial charge in [-0.15, -0.1) is 0 Å². The summed E-state index contributed by atoms with van der Waals surface area (Å²) in [7, 11) is 0. The van der Waals surface area contributed by atoms with E-state index in [-0.39, 0.29) is 0 Å². The number of hydrogen-bond donors (Lipinski definition) is 1. The molecule has 0 fully saturated rings. The van der Waals surface area contributed by atoms with Crippen molar-refractivity contribution in [1.82, 2.24) is 0 Å². The zero-order valence-corrected chi connectivity index (χ0v) is 10.0. The first-order chi connectivity index (χ1) is 7.09. The molecular weight excluding hydrogens is 184 g/mol. The minimum absolute atomic E-state index is 0.559. The Kier molecular flexibility index (Phi) is 2.59. The highest BCUT2D eigenvalue weighted by molar-refractivity contribution is 5.73. The Morgan fingerprint density at radius 1 is 1.40 bits per heavy atom. The molecule has 0 aromatic heterocycles. The largest absolute Gasteiger partial charge is 0.381 e. The van der Waals surface area contributed by atoms with Crippen molar-refractivity contribution < 1.29 is 0 Å². The maximum atomic E-state index is 3.50. The van der Waals surface area contributed by atoms with Gasteiger partial charge in [-0.3, -0.25) is 0 Å². The number of fused-ring (bicyclic) bond motifs is 1. The van der Waals surface area contributed by atoms with Gasteiger partial charge in [-0.2, -0.15) is 0 Å². The molecule has 2 rings (SSSR count). The zero-order valence-electron chi connectivity index (χ0n) is 10.0. The molecule has 2 nitrogen and oxygen atoms in total. The van der Waals surface area contributed by atoms with Crippen molar-refractivity contribution in [2.75, 3.05) is 16.8 Å². The van der Waals surface area contributed by atoms with Crippen LogP contribution in [-0.2, 0) is 0 Å². The Hall–Kier alpha value is -1.18. The van der Waals surface area contributed by atoms with Crippen LogP contribution >= 0.6 is 0 Å². The molecule has 0 saturated carbocycles. The Labute approximate surface area is 92.3 Å². The lowest BCUT2D eigenvalue weighted by Gasteiger charge is -2.40. The van der Waals surface area contributed by atoms with Crippen LogP contribution in [-0.4, -0.2) is 18.6 Å². The Morgan fingerprint density at radius 2 is 2.13 bits per heavy atom. The van der Waals surface area contributed by atoms with Crippen molar-refractivity contribution in [2.24, 2.45) is 0 Å². The van der Waals surface area contributed by atoms with Gasteiger partial charge < -0.3 is 10.2 Å². The summed E-state index contributed by atoms with van der Waals surface area (Å²) >= 11 is 0. The number of hydrogen-bond acceptors (Lipinski definition) is 2. The van der Waals surface area contributed by atoms with Gasteiger partial charge in [0.25, 0.3) is 0 Å². The summed E-state index contributed by atoms with van der Waals surface area (Å²) in [4.78, 5) is 2.49. The number of rotatable bonds is 1. The van der Waals surface area contributed by atoms with E-state index < -0.39 is 0 Å². The average Bonchev–Trinajstić information content (AvgIpc) is 2.17. The van der Waals surface area contributed by atoms with E-state index in [0.29, 0.717) is 12.1 Å². The third kappa shape index (κ3) is 1.81. The van der Waals surface area contributed by atoms with Crippen LogP contribution in [0.2, 0.25) is 0 Å². The number of aryl methyl sites for hydroxylation is 1. The van der Waals surface area contributed by atoms with E-state index in [4.69, 9.17) is 0 Å². The molecule has 1 heterocycles. The van der Waals surface area contributed by atoms with Gasteiger partial charge in [-0.05, 0) is 45.4 Å². The standard InChI is InChI=1S/C13H20N2/c1-9(2)15-11(4)8-14-12-7-10(3)5-6-13(12)15/h5-7,9,11,14H,8H2,1-4H3. The van der Waals surface area contributed by atoms with Crippen molar-refractivity contribution in [1.29, 1.82) is 0 Å². The number of nitrogens with one attached hydrogen (secondary N) is 1. The van der Waals surface area contributed by atoms with E-state index in [1.54, 1.807) is 0 Å². The molecule has 1 atom stereocenters. The van der Waals surface area contributed by atoms with Crippen molar-refractivity contribution in [3.63, 3.8) is 0 Å². The minimum atomic E-state index is 0.559. The lowest BCUT2D eigenvalue weighted by Crippen LogP contribution is -2.46. The first-order valence-corrected chi connectivity index (χ1v) is 5.72. The van der Waals surface area contributed by atoms with E-state index >= 15 is 0 Å². The molecule has 0 amide bonds. The average molecular weight is 204 g/mol. The van der Waals surface area contributed by atoms with Gasteiger partial charge in [0.2, 0.25) is 0 Å². The molecule has 2 heteroatoms. The van der Waals surface area contributed by atoms with Crippen LogP contribution in [0.3, 0.4) is 0 Å². The fourth-order valence-electron chi connectivity index (χ4n) is 2.40. The van der Waals surface area contributed by atoms with Gasteiger partial charge in [-0.25, -0.2) is 0 Å². The van der Waals surface area contributed by atoms with Gasteiger partial charge in [0.1, 0.15) is 0 Å². The molecule has 0 saturated heterocycles. The zero-order chi connectivity index (χ0) is 11.0. The molecule has 0 bridgehead atoms. The molecule has 0 aliphatic carbocycles. The fourth-order valence-corrected chi connectivity index (χ4v) is 2.40. The molecule has 1 N–H and O–H groups in total. The SMILES string of the molecule is Cc1ccc2c(c1)NCC(C)N2C(C)C. The lowest BCUT2D eigenvalue weighted by atomic mass is 10.1. The highest BCUT2D eigenvalue weighted by Crippen LogP contribution is 2.33. The monoisotopic (exact) mass is 204 g/mol. The summed E-state index contributed by atoms with van der Waals surface area (Å²) < 4.78 is 0. The van der Waals surface area contributed by atoms with Crippen molar-refractivity contribution in [3.05, 3.63) is 23.8 Å². The quantitative estimate of drug-likeness (QED) is 0.756. The van der Waals surface area contributed by atoms with Gasteiger partial charge >= 0.3 is 0 Å². The molecule has 1 aliphatic rings. The third-order valence-electron chi connectivity index (χ3n) is 3.05. The smallest absolute Gasteiger partial charge is 0.0607 e. The van der Waals surface area contributed by atoms with Crippen molar-refractivity contribution >= 4 is 11.4 Å². The van der Waals surface area contributed by atoms with Crippen LogP contribution in [0.15, 0.2) is 18.2 Å². The first-order valence-electron chi connectivity index (χ1n) is 5.72. The summed E-state index contributed by atoms with van der Waals surface area (Å²) in [5.41, 5.74) is 3.94. The maximum Gasteiger partial charge on any atom is 0.0607 e.